The van der Waals surface area contributed by atoms with Crippen molar-refractivity contribution in [3.05, 3.63) is 34.4 Å². The highest BCUT2D eigenvalue weighted by Gasteiger charge is 2.41. The van der Waals surface area contributed by atoms with E-state index in [9.17, 15) is 23.3 Å². The van der Waals surface area contributed by atoms with Gasteiger partial charge in [0.25, 0.3) is 5.69 Å². The van der Waals surface area contributed by atoms with E-state index in [1.807, 2.05) is 0 Å². The van der Waals surface area contributed by atoms with E-state index < -0.39 is 21.0 Å². The predicted molar refractivity (Wildman–Crippen MR) is 101 cm³/mol. The Morgan fingerprint density at radius 1 is 1.19 bits per heavy atom. The highest BCUT2D eigenvalue weighted by atomic mass is 35.5. The number of halogens is 1. The quantitative estimate of drug-likeness (QED) is 0.576. The summed E-state index contributed by atoms with van der Waals surface area (Å²) in [5.74, 6) is -0.180. The first kappa shape index (κ1) is 21.5. The normalized spacial score (nSPS) is 21.3. The summed E-state index contributed by atoms with van der Waals surface area (Å²) in [5, 5.41) is 14.2. The molecule has 1 unspecified atom stereocenters. The van der Waals surface area contributed by atoms with E-state index >= 15 is 0 Å². The van der Waals surface area contributed by atoms with E-state index in [1.165, 1.54) is 22.5 Å². The van der Waals surface area contributed by atoms with Gasteiger partial charge in [0, 0.05) is 38.3 Å². The zero-order chi connectivity index (χ0) is 18.7. The lowest BCUT2D eigenvalue weighted by Gasteiger charge is -2.29. The highest BCUT2D eigenvalue weighted by molar-refractivity contribution is 7.89. The Hall–Kier alpha value is -1.75. The molecule has 27 heavy (non-hydrogen) atoms. The van der Waals surface area contributed by atoms with E-state index in [2.05, 4.69) is 5.32 Å². The number of nitro benzene ring substituents is 1. The molecule has 0 spiro atoms. The van der Waals surface area contributed by atoms with Crippen LogP contribution in [0.2, 0.25) is 0 Å². The monoisotopic (exact) mass is 418 g/mol. The smallest absolute Gasteiger partial charge is 0.270 e. The molecule has 2 heterocycles. The van der Waals surface area contributed by atoms with E-state index in [-0.39, 0.29) is 35.4 Å². The van der Waals surface area contributed by atoms with Crippen LogP contribution >= 0.6 is 12.4 Å². The number of carbonyl (C=O) groups excluding carboxylic acids is 1. The summed E-state index contributed by atoms with van der Waals surface area (Å²) in [4.78, 5) is 24.8. The number of hydrogen-bond donors (Lipinski definition) is 1. The third-order valence-electron chi connectivity index (χ3n) is 4.78. The van der Waals surface area contributed by atoms with E-state index in [0.29, 0.717) is 32.5 Å². The van der Waals surface area contributed by atoms with Gasteiger partial charge >= 0.3 is 0 Å². The van der Waals surface area contributed by atoms with Crippen molar-refractivity contribution >= 4 is 34.0 Å². The third-order valence-corrected chi connectivity index (χ3v) is 6.68. The van der Waals surface area contributed by atoms with Crippen LogP contribution in [-0.2, 0) is 14.8 Å². The number of nitro groups is 1. The largest absolute Gasteiger partial charge is 0.340 e. The third kappa shape index (κ3) is 4.57. The maximum absolute atomic E-state index is 13.0. The average molecular weight is 419 g/mol. The molecule has 3 rings (SSSR count). The zero-order valence-electron chi connectivity index (χ0n) is 14.7. The van der Waals surface area contributed by atoms with Crippen LogP contribution in [0.5, 0.6) is 0 Å². The molecule has 2 fully saturated rings. The van der Waals surface area contributed by atoms with Gasteiger partial charge in [-0.3, -0.25) is 14.9 Å². The number of non-ortho nitro benzene ring substituents is 1. The van der Waals surface area contributed by atoms with Gasteiger partial charge < -0.3 is 10.2 Å². The lowest BCUT2D eigenvalue weighted by molar-refractivity contribution is -0.385. The van der Waals surface area contributed by atoms with Crippen LogP contribution in [-0.4, -0.2) is 67.2 Å². The summed E-state index contributed by atoms with van der Waals surface area (Å²) in [6.07, 6.45) is 1.89. The molecule has 0 aliphatic carbocycles. The first-order valence-corrected chi connectivity index (χ1v) is 10.1. The second-order valence-corrected chi connectivity index (χ2v) is 8.35. The van der Waals surface area contributed by atoms with Crippen LogP contribution < -0.4 is 5.32 Å². The van der Waals surface area contributed by atoms with Crippen molar-refractivity contribution in [2.75, 3.05) is 32.7 Å². The van der Waals surface area contributed by atoms with Crippen LogP contribution in [0.3, 0.4) is 0 Å². The van der Waals surface area contributed by atoms with Gasteiger partial charge in [-0.15, -0.1) is 12.4 Å². The molecule has 1 N–H and O–H groups in total. The number of amides is 1. The lowest BCUT2D eigenvalue weighted by Crippen LogP contribution is -2.48. The Labute approximate surface area is 164 Å². The van der Waals surface area contributed by atoms with Crippen LogP contribution in [0.15, 0.2) is 29.2 Å². The molecular weight excluding hydrogens is 396 g/mol. The van der Waals surface area contributed by atoms with Crippen molar-refractivity contribution in [3.63, 3.8) is 0 Å². The highest BCUT2D eigenvalue weighted by Crippen LogP contribution is 2.29. The van der Waals surface area contributed by atoms with Gasteiger partial charge in [0.2, 0.25) is 15.9 Å². The molecule has 2 saturated heterocycles. The van der Waals surface area contributed by atoms with E-state index in [4.69, 9.17) is 0 Å². The number of carbonyl (C=O) groups is 1. The van der Waals surface area contributed by atoms with Gasteiger partial charge in [0.15, 0.2) is 0 Å². The minimum Gasteiger partial charge on any atom is -0.340 e. The van der Waals surface area contributed by atoms with Gasteiger partial charge in [-0.1, -0.05) is 6.07 Å². The summed E-state index contributed by atoms with van der Waals surface area (Å²) < 4.78 is 27.2. The van der Waals surface area contributed by atoms with Crippen molar-refractivity contribution in [2.24, 2.45) is 0 Å². The van der Waals surface area contributed by atoms with Gasteiger partial charge in [0.05, 0.1) is 9.82 Å². The van der Waals surface area contributed by atoms with Crippen LogP contribution in [0, 0.1) is 10.1 Å². The van der Waals surface area contributed by atoms with E-state index in [1.54, 1.807) is 4.90 Å². The molecule has 1 aromatic rings. The molecule has 1 atom stereocenters. The van der Waals surface area contributed by atoms with Crippen LogP contribution in [0.1, 0.15) is 19.3 Å². The van der Waals surface area contributed by atoms with Crippen molar-refractivity contribution in [1.29, 1.82) is 0 Å². The van der Waals surface area contributed by atoms with Gasteiger partial charge in [-0.2, -0.15) is 4.31 Å². The minimum atomic E-state index is -3.97. The standard InChI is InChI=1S/C16H22N4O5S.ClH/c21-16(18-9-3-7-17-8-11-18)15-6-2-10-19(15)26(24,25)14-5-1-4-13(12-14)20(22)23;/h1,4-5,12,15,17H,2-3,6-11H2;1H. The minimum absolute atomic E-state index is 0. The van der Waals surface area contributed by atoms with Gasteiger partial charge in [-0.25, -0.2) is 8.42 Å². The van der Waals surface area contributed by atoms with Gasteiger partial charge in [0.1, 0.15) is 6.04 Å². The molecule has 2 aliphatic heterocycles. The Balaban J connectivity index is 0.00000261. The summed E-state index contributed by atoms with van der Waals surface area (Å²) in [6.45, 7) is 2.93. The molecule has 1 aromatic carbocycles. The van der Waals surface area contributed by atoms with Crippen molar-refractivity contribution in [1.82, 2.24) is 14.5 Å². The molecule has 9 nitrogen and oxygen atoms in total. The maximum atomic E-state index is 13.0. The SMILES string of the molecule is Cl.O=C(C1CCCN1S(=O)(=O)c1cccc([N+](=O)[O-])c1)N1CCCNCC1. The molecule has 150 valence electrons. The number of benzene rings is 1. The Morgan fingerprint density at radius 2 is 1.96 bits per heavy atom. The fourth-order valence-electron chi connectivity index (χ4n) is 3.44. The van der Waals surface area contributed by atoms with Crippen LogP contribution in [0.25, 0.3) is 0 Å². The number of sulfonamides is 1. The maximum Gasteiger partial charge on any atom is 0.270 e. The van der Waals surface area contributed by atoms with Crippen LogP contribution in [0.4, 0.5) is 5.69 Å². The molecule has 0 saturated carbocycles. The Bertz CT molecular complexity index is 796. The molecule has 0 radical (unpaired) electrons. The van der Waals surface area contributed by atoms with Crippen molar-refractivity contribution in [2.45, 2.75) is 30.2 Å². The molecule has 0 aromatic heterocycles. The number of nitrogens with one attached hydrogen (secondary N) is 1. The summed E-state index contributed by atoms with van der Waals surface area (Å²) in [7, 11) is -3.97. The molecule has 2 aliphatic rings. The van der Waals surface area contributed by atoms with E-state index in [0.717, 1.165) is 19.0 Å². The summed E-state index contributed by atoms with van der Waals surface area (Å²) in [5.41, 5.74) is -0.285. The van der Waals surface area contributed by atoms with Gasteiger partial charge in [-0.05, 0) is 31.9 Å². The number of hydrogen-bond acceptors (Lipinski definition) is 6. The Kier molecular flexibility index (Phi) is 7.15. The van der Waals surface area contributed by atoms with Crippen molar-refractivity contribution < 1.29 is 18.1 Å². The summed E-state index contributed by atoms with van der Waals surface area (Å²) in [6, 6.07) is 4.23. The first-order chi connectivity index (χ1) is 12.4. The predicted octanol–water partition coefficient (Wildman–Crippen LogP) is 0.992. The molecular formula is C16H23ClN4O5S. The molecule has 1 amide bonds. The number of rotatable bonds is 4. The second-order valence-electron chi connectivity index (χ2n) is 6.46. The second kappa shape index (κ2) is 8.96. The molecule has 0 bridgehead atoms. The summed E-state index contributed by atoms with van der Waals surface area (Å²) >= 11 is 0. The average Bonchev–Trinajstić information content (AvgIpc) is 2.98. The number of nitrogens with zero attached hydrogens (tertiary/aromatic N) is 3. The topological polar surface area (TPSA) is 113 Å². The lowest BCUT2D eigenvalue weighted by atomic mass is 10.2. The first-order valence-electron chi connectivity index (χ1n) is 8.67. The fraction of sp³-hybridized carbons (Fsp3) is 0.562. The Morgan fingerprint density at radius 3 is 2.70 bits per heavy atom. The van der Waals surface area contributed by atoms with Crippen molar-refractivity contribution in [3.8, 4) is 0 Å². The zero-order valence-corrected chi connectivity index (χ0v) is 16.4. The fourth-order valence-corrected chi connectivity index (χ4v) is 5.14. The molecule has 11 heteroatoms.